The van der Waals surface area contributed by atoms with Crippen molar-refractivity contribution in [2.75, 3.05) is 10.2 Å². The van der Waals surface area contributed by atoms with Crippen molar-refractivity contribution in [3.63, 3.8) is 0 Å². The predicted molar refractivity (Wildman–Crippen MR) is 143 cm³/mol. The molecule has 1 heterocycles. The first-order valence-electron chi connectivity index (χ1n) is 10.8. The standard InChI is InChI=1S/C27H21Cl2N3O2S/c1-16-8-6-13-22(17(16)2)31-25(33)20(15-30)27-32(19-10-4-3-5-11-19)26(34)23(35-27)14-18-9-7-12-21(28)24(18)29/h3-13,23H,14H2,1-2H3,(H,31,33)/b27-20-. The molecule has 3 aromatic rings. The van der Waals surface area contributed by atoms with E-state index in [-0.39, 0.29) is 16.5 Å². The third-order valence-electron chi connectivity index (χ3n) is 5.81. The molecule has 1 atom stereocenters. The molecule has 0 bridgehead atoms. The number of nitrogens with zero attached hydrogens (tertiary/aromatic N) is 2. The molecule has 8 heteroatoms. The number of rotatable bonds is 5. The Hall–Kier alpha value is -3.24. The number of aryl methyl sites for hydroxylation is 1. The lowest BCUT2D eigenvalue weighted by atomic mass is 10.1. The lowest BCUT2D eigenvalue weighted by molar-refractivity contribution is -0.117. The summed E-state index contributed by atoms with van der Waals surface area (Å²) in [4.78, 5) is 28.3. The molecule has 4 rings (SSSR count). The van der Waals surface area contributed by atoms with Gasteiger partial charge in [-0.1, -0.05) is 77.4 Å². The van der Waals surface area contributed by atoms with Gasteiger partial charge >= 0.3 is 0 Å². The Kier molecular flexibility index (Phi) is 7.51. The van der Waals surface area contributed by atoms with Crippen LogP contribution in [0.5, 0.6) is 0 Å². The molecule has 35 heavy (non-hydrogen) atoms. The fourth-order valence-electron chi connectivity index (χ4n) is 3.78. The van der Waals surface area contributed by atoms with Gasteiger partial charge in [-0.25, -0.2) is 0 Å². The van der Waals surface area contributed by atoms with E-state index in [1.165, 1.54) is 16.7 Å². The van der Waals surface area contributed by atoms with E-state index < -0.39 is 11.2 Å². The SMILES string of the molecule is Cc1cccc(NC(=O)/C(C#N)=C2\SC(Cc3cccc(Cl)c3Cl)C(=O)N2c2ccccc2)c1C. The molecule has 1 aliphatic rings. The highest BCUT2D eigenvalue weighted by molar-refractivity contribution is 8.05. The predicted octanol–water partition coefficient (Wildman–Crippen LogP) is 6.68. The van der Waals surface area contributed by atoms with Crippen molar-refractivity contribution in [2.45, 2.75) is 25.5 Å². The van der Waals surface area contributed by atoms with Gasteiger partial charge in [0, 0.05) is 11.4 Å². The van der Waals surface area contributed by atoms with E-state index in [1.54, 1.807) is 42.5 Å². The van der Waals surface area contributed by atoms with Crippen LogP contribution in [0.2, 0.25) is 10.0 Å². The monoisotopic (exact) mass is 521 g/mol. The van der Waals surface area contributed by atoms with E-state index in [2.05, 4.69) is 5.32 Å². The Labute approximate surface area is 218 Å². The second-order valence-electron chi connectivity index (χ2n) is 8.03. The maximum absolute atomic E-state index is 13.6. The molecular weight excluding hydrogens is 501 g/mol. The van der Waals surface area contributed by atoms with Crippen LogP contribution in [0.1, 0.15) is 16.7 Å². The number of nitrogens with one attached hydrogen (secondary N) is 1. The van der Waals surface area contributed by atoms with Crippen LogP contribution < -0.4 is 10.2 Å². The molecular formula is C27H21Cl2N3O2S. The lowest BCUT2D eigenvalue weighted by Gasteiger charge is -2.19. The Balaban J connectivity index is 1.74. The first-order chi connectivity index (χ1) is 16.8. The zero-order valence-corrected chi connectivity index (χ0v) is 21.3. The molecule has 1 fully saturated rings. The summed E-state index contributed by atoms with van der Waals surface area (Å²) in [6, 6.07) is 21.8. The molecule has 0 radical (unpaired) electrons. The first-order valence-corrected chi connectivity index (χ1v) is 12.5. The van der Waals surface area contributed by atoms with Crippen molar-refractivity contribution in [1.29, 1.82) is 5.26 Å². The van der Waals surface area contributed by atoms with Crippen molar-refractivity contribution in [3.8, 4) is 6.07 Å². The number of thioether (sulfide) groups is 1. The van der Waals surface area contributed by atoms with E-state index in [9.17, 15) is 14.9 Å². The van der Waals surface area contributed by atoms with Crippen molar-refractivity contribution in [3.05, 3.63) is 104 Å². The number of hydrogen-bond acceptors (Lipinski definition) is 4. The maximum atomic E-state index is 13.6. The zero-order valence-electron chi connectivity index (χ0n) is 19.0. The van der Waals surface area contributed by atoms with Crippen molar-refractivity contribution >= 4 is 58.2 Å². The van der Waals surface area contributed by atoms with Crippen LogP contribution in [0, 0.1) is 25.2 Å². The number of para-hydroxylation sites is 1. The summed E-state index contributed by atoms with van der Waals surface area (Å²) in [6.07, 6.45) is 0.299. The van der Waals surface area contributed by atoms with Gasteiger partial charge in [0.25, 0.3) is 5.91 Å². The van der Waals surface area contributed by atoms with Gasteiger partial charge in [0.05, 0.1) is 15.3 Å². The summed E-state index contributed by atoms with van der Waals surface area (Å²) < 4.78 is 0. The molecule has 1 saturated heterocycles. The van der Waals surface area contributed by atoms with Crippen LogP contribution in [0.15, 0.2) is 77.3 Å². The van der Waals surface area contributed by atoms with Crippen LogP contribution in [0.3, 0.4) is 0 Å². The zero-order chi connectivity index (χ0) is 25.1. The number of amides is 2. The average Bonchev–Trinajstić information content (AvgIpc) is 3.16. The molecule has 176 valence electrons. The minimum atomic E-state index is -0.585. The van der Waals surface area contributed by atoms with Crippen molar-refractivity contribution in [2.24, 2.45) is 0 Å². The third kappa shape index (κ3) is 5.08. The summed E-state index contributed by atoms with van der Waals surface area (Å²) in [5, 5.41) is 13.3. The van der Waals surface area contributed by atoms with Crippen LogP contribution >= 0.6 is 35.0 Å². The Morgan fingerprint density at radius 3 is 2.49 bits per heavy atom. The van der Waals surface area contributed by atoms with Crippen molar-refractivity contribution < 1.29 is 9.59 Å². The Bertz CT molecular complexity index is 1380. The highest BCUT2D eigenvalue weighted by Crippen LogP contribution is 2.43. The van der Waals surface area contributed by atoms with Gasteiger partial charge in [-0.15, -0.1) is 0 Å². The van der Waals surface area contributed by atoms with Gasteiger partial charge in [0.2, 0.25) is 5.91 Å². The van der Waals surface area contributed by atoms with Gasteiger partial charge in [-0.2, -0.15) is 5.26 Å². The molecule has 5 nitrogen and oxygen atoms in total. The Morgan fingerprint density at radius 2 is 1.77 bits per heavy atom. The fraction of sp³-hybridized carbons (Fsp3) is 0.148. The number of carbonyl (C=O) groups excluding carboxylic acids is 2. The molecule has 1 aliphatic heterocycles. The van der Waals surface area contributed by atoms with Crippen molar-refractivity contribution in [1.82, 2.24) is 0 Å². The van der Waals surface area contributed by atoms with E-state index in [0.717, 1.165) is 16.7 Å². The van der Waals surface area contributed by atoms with Gasteiger partial charge in [0.15, 0.2) is 0 Å². The lowest BCUT2D eigenvalue weighted by Crippen LogP contribution is -2.31. The van der Waals surface area contributed by atoms with Gasteiger partial charge in [0.1, 0.15) is 16.7 Å². The minimum absolute atomic E-state index is 0.132. The summed E-state index contributed by atoms with van der Waals surface area (Å²) in [5.74, 6) is -0.807. The van der Waals surface area contributed by atoms with E-state index in [4.69, 9.17) is 23.2 Å². The number of carbonyl (C=O) groups is 2. The quantitative estimate of drug-likeness (QED) is 0.300. The van der Waals surface area contributed by atoms with Gasteiger partial charge in [-0.05, 0) is 61.2 Å². The van der Waals surface area contributed by atoms with E-state index >= 15 is 0 Å². The first kappa shape index (κ1) is 24.9. The number of hydrogen-bond donors (Lipinski definition) is 1. The Morgan fingerprint density at radius 1 is 1.06 bits per heavy atom. The molecule has 0 aliphatic carbocycles. The van der Waals surface area contributed by atoms with Crippen LogP contribution in [0.25, 0.3) is 0 Å². The molecule has 0 aromatic heterocycles. The van der Waals surface area contributed by atoms with Crippen LogP contribution in [-0.4, -0.2) is 17.1 Å². The number of benzene rings is 3. The van der Waals surface area contributed by atoms with E-state index in [0.29, 0.717) is 27.8 Å². The second-order valence-corrected chi connectivity index (χ2v) is 10.0. The van der Waals surface area contributed by atoms with Gasteiger partial charge < -0.3 is 5.32 Å². The number of halogens is 2. The van der Waals surface area contributed by atoms with E-state index in [1.807, 2.05) is 44.2 Å². The van der Waals surface area contributed by atoms with Crippen LogP contribution in [-0.2, 0) is 16.0 Å². The largest absolute Gasteiger partial charge is 0.321 e. The number of anilines is 2. The molecule has 1 N–H and O–H groups in total. The summed E-state index contributed by atoms with van der Waals surface area (Å²) >= 11 is 13.7. The molecule has 1 unspecified atom stereocenters. The number of nitriles is 1. The van der Waals surface area contributed by atoms with Crippen LogP contribution in [0.4, 0.5) is 11.4 Å². The maximum Gasteiger partial charge on any atom is 0.269 e. The smallest absolute Gasteiger partial charge is 0.269 e. The van der Waals surface area contributed by atoms with Gasteiger partial charge in [-0.3, -0.25) is 14.5 Å². The minimum Gasteiger partial charge on any atom is -0.321 e. The third-order valence-corrected chi connectivity index (χ3v) is 7.93. The molecule has 0 spiro atoms. The molecule has 0 saturated carbocycles. The average molecular weight is 522 g/mol. The topological polar surface area (TPSA) is 73.2 Å². The highest BCUT2D eigenvalue weighted by atomic mass is 35.5. The molecule has 3 aromatic carbocycles. The fourth-order valence-corrected chi connectivity index (χ4v) is 5.47. The molecule has 2 amide bonds. The summed E-state index contributed by atoms with van der Waals surface area (Å²) in [6.45, 7) is 3.85. The summed E-state index contributed by atoms with van der Waals surface area (Å²) in [7, 11) is 0. The second kappa shape index (κ2) is 10.6. The highest BCUT2D eigenvalue weighted by Gasteiger charge is 2.41. The summed E-state index contributed by atoms with van der Waals surface area (Å²) in [5.41, 5.74) is 3.71. The normalized spacial score (nSPS) is 16.7.